The van der Waals surface area contributed by atoms with Gasteiger partial charge in [-0.15, -0.1) is 10.2 Å². The highest BCUT2D eigenvalue weighted by Gasteiger charge is 2.13. The summed E-state index contributed by atoms with van der Waals surface area (Å²) in [5.41, 5.74) is 2.06. The first-order chi connectivity index (χ1) is 10.6. The number of aromatic nitrogens is 2. The van der Waals surface area contributed by atoms with Crippen molar-refractivity contribution in [2.45, 2.75) is 44.9 Å². The van der Waals surface area contributed by atoms with Gasteiger partial charge in [-0.1, -0.05) is 43.3 Å². The molecule has 1 aromatic carbocycles. The lowest BCUT2D eigenvalue weighted by Gasteiger charge is -2.13. The van der Waals surface area contributed by atoms with Crippen molar-refractivity contribution < 1.29 is 9.21 Å². The van der Waals surface area contributed by atoms with Gasteiger partial charge in [-0.2, -0.15) is 0 Å². The van der Waals surface area contributed by atoms with Crippen LogP contribution in [0.4, 0.5) is 0 Å². The SMILES string of the molecule is CCC(CC)NC(=O)CSc1nnc(-c2ccc(C)cc2)o1. The molecule has 0 fully saturated rings. The standard InChI is InChI=1S/C16H21N3O2S/c1-4-13(5-2)17-14(20)10-22-16-19-18-15(21-16)12-8-6-11(3)7-9-12/h6-9,13H,4-5,10H2,1-3H3,(H,17,20). The lowest BCUT2D eigenvalue weighted by molar-refractivity contribution is -0.119. The van der Waals surface area contributed by atoms with E-state index in [9.17, 15) is 4.79 Å². The number of hydrogen-bond acceptors (Lipinski definition) is 5. The van der Waals surface area contributed by atoms with Crippen LogP contribution >= 0.6 is 11.8 Å². The first-order valence-corrected chi connectivity index (χ1v) is 8.43. The molecule has 0 unspecified atom stereocenters. The molecule has 0 atom stereocenters. The Morgan fingerprint density at radius 2 is 1.91 bits per heavy atom. The third-order valence-electron chi connectivity index (χ3n) is 3.38. The smallest absolute Gasteiger partial charge is 0.277 e. The summed E-state index contributed by atoms with van der Waals surface area (Å²) in [6.07, 6.45) is 1.87. The van der Waals surface area contributed by atoms with Crippen LogP contribution in [0.5, 0.6) is 0 Å². The fourth-order valence-electron chi connectivity index (χ4n) is 1.97. The maximum absolute atomic E-state index is 11.8. The first kappa shape index (κ1) is 16.5. The zero-order valence-electron chi connectivity index (χ0n) is 13.1. The number of carbonyl (C=O) groups is 1. The van der Waals surface area contributed by atoms with Gasteiger partial charge in [-0.25, -0.2) is 0 Å². The summed E-state index contributed by atoms with van der Waals surface area (Å²) in [6.45, 7) is 6.15. The van der Waals surface area contributed by atoms with Crippen molar-refractivity contribution in [2.75, 3.05) is 5.75 Å². The average molecular weight is 319 g/mol. The van der Waals surface area contributed by atoms with Crippen LogP contribution in [-0.2, 0) is 4.79 Å². The van der Waals surface area contributed by atoms with Gasteiger partial charge in [0.05, 0.1) is 5.75 Å². The lowest BCUT2D eigenvalue weighted by atomic mass is 10.1. The zero-order chi connectivity index (χ0) is 15.9. The van der Waals surface area contributed by atoms with E-state index in [1.807, 2.05) is 31.2 Å². The van der Waals surface area contributed by atoms with E-state index in [4.69, 9.17) is 4.42 Å². The summed E-state index contributed by atoms with van der Waals surface area (Å²) >= 11 is 1.26. The number of rotatable bonds is 7. The minimum Gasteiger partial charge on any atom is -0.411 e. The predicted octanol–water partition coefficient (Wildman–Crippen LogP) is 3.44. The van der Waals surface area contributed by atoms with Crippen LogP contribution in [0.1, 0.15) is 32.3 Å². The van der Waals surface area contributed by atoms with Gasteiger partial charge >= 0.3 is 0 Å². The molecular formula is C16H21N3O2S. The Morgan fingerprint density at radius 1 is 1.23 bits per heavy atom. The summed E-state index contributed by atoms with van der Waals surface area (Å²) in [6, 6.07) is 8.11. The van der Waals surface area contributed by atoms with E-state index in [0.717, 1.165) is 18.4 Å². The molecule has 0 saturated heterocycles. The maximum Gasteiger partial charge on any atom is 0.277 e. The molecular weight excluding hydrogens is 298 g/mol. The van der Waals surface area contributed by atoms with E-state index in [-0.39, 0.29) is 17.7 Å². The van der Waals surface area contributed by atoms with Gasteiger partial charge in [0.2, 0.25) is 11.8 Å². The van der Waals surface area contributed by atoms with Crippen LogP contribution in [0.25, 0.3) is 11.5 Å². The highest BCUT2D eigenvalue weighted by atomic mass is 32.2. The van der Waals surface area contributed by atoms with Gasteiger partial charge in [0.25, 0.3) is 5.22 Å². The summed E-state index contributed by atoms with van der Waals surface area (Å²) in [7, 11) is 0. The van der Waals surface area contributed by atoms with Crippen molar-refractivity contribution >= 4 is 17.7 Å². The van der Waals surface area contributed by atoms with Gasteiger partial charge in [-0.3, -0.25) is 4.79 Å². The molecule has 0 aliphatic carbocycles. The lowest BCUT2D eigenvalue weighted by Crippen LogP contribution is -2.34. The van der Waals surface area contributed by atoms with Crippen LogP contribution in [0.2, 0.25) is 0 Å². The Morgan fingerprint density at radius 3 is 2.55 bits per heavy atom. The quantitative estimate of drug-likeness (QED) is 0.792. The van der Waals surface area contributed by atoms with E-state index in [1.165, 1.54) is 17.3 Å². The maximum atomic E-state index is 11.8. The molecule has 2 aromatic rings. The highest BCUT2D eigenvalue weighted by molar-refractivity contribution is 7.99. The monoisotopic (exact) mass is 319 g/mol. The minimum atomic E-state index is -0.00575. The number of benzene rings is 1. The number of nitrogens with zero attached hydrogens (tertiary/aromatic N) is 2. The molecule has 1 N–H and O–H groups in total. The second kappa shape index (κ2) is 7.98. The molecule has 0 saturated carbocycles. The topological polar surface area (TPSA) is 68.0 Å². The number of hydrogen-bond donors (Lipinski definition) is 1. The van der Waals surface area contributed by atoms with Gasteiger partial charge in [0.15, 0.2) is 0 Å². The van der Waals surface area contributed by atoms with E-state index in [1.54, 1.807) is 0 Å². The number of aryl methyl sites for hydroxylation is 1. The van der Waals surface area contributed by atoms with Crippen molar-refractivity contribution in [3.63, 3.8) is 0 Å². The van der Waals surface area contributed by atoms with E-state index >= 15 is 0 Å². The molecule has 0 spiro atoms. The third-order valence-corrected chi connectivity index (χ3v) is 4.20. The molecule has 0 aliphatic heterocycles. The Hall–Kier alpha value is -1.82. The van der Waals surface area contributed by atoms with Crippen LogP contribution in [0.3, 0.4) is 0 Å². The average Bonchev–Trinajstić information content (AvgIpc) is 3.00. The van der Waals surface area contributed by atoms with Gasteiger partial charge in [0.1, 0.15) is 0 Å². The molecule has 1 heterocycles. The highest BCUT2D eigenvalue weighted by Crippen LogP contribution is 2.23. The molecule has 0 radical (unpaired) electrons. The molecule has 6 heteroatoms. The normalized spacial score (nSPS) is 10.9. The Balaban J connectivity index is 1.89. The van der Waals surface area contributed by atoms with Crippen molar-refractivity contribution in [2.24, 2.45) is 0 Å². The Labute approximate surface area is 134 Å². The fraction of sp³-hybridized carbons (Fsp3) is 0.438. The largest absolute Gasteiger partial charge is 0.411 e. The summed E-state index contributed by atoms with van der Waals surface area (Å²) in [5, 5.41) is 11.4. The van der Waals surface area contributed by atoms with Crippen molar-refractivity contribution in [3.8, 4) is 11.5 Å². The van der Waals surface area contributed by atoms with Crippen molar-refractivity contribution in [1.29, 1.82) is 0 Å². The minimum absolute atomic E-state index is 0.00575. The summed E-state index contributed by atoms with van der Waals surface area (Å²) in [5.74, 6) is 0.753. The van der Waals surface area contributed by atoms with Crippen molar-refractivity contribution in [3.05, 3.63) is 29.8 Å². The van der Waals surface area contributed by atoms with Crippen molar-refractivity contribution in [1.82, 2.24) is 15.5 Å². The number of carbonyl (C=O) groups excluding carboxylic acids is 1. The molecule has 0 bridgehead atoms. The van der Waals surface area contributed by atoms with Gasteiger partial charge in [0, 0.05) is 11.6 Å². The second-order valence-corrected chi connectivity index (χ2v) is 6.04. The number of nitrogens with one attached hydrogen (secondary N) is 1. The predicted molar refractivity (Wildman–Crippen MR) is 87.7 cm³/mol. The fourth-order valence-corrected chi connectivity index (χ4v) is 2.54. The van der Waals surface area contributed by atoms with Crippen LogP contribution in [-0.4, -0.2) is 27.9 Å². The molecule has 5 nitrogen and oxygen atoms in total. The van der Waals surface area contributed by atoms with Gasteiger partial charge < -0.3 is 9.73 Å². The van der Waals surface area contributed by atoms with Crippen LogP contribution in [0.15, 0.2) is 33.9 Å². The molecule has 1 aromatic heterocycles. The van der Waals surface area contributed by atoms with Crippen LogP contribution < -0.4 is 5.32 Å². The van der Waals surface area contributed by atoms with E-state index in [0.29, 0.717) is 11.1 Å². The van der Waals surface area contributed by atoms with Gasteiger partial charge in [-0.05, 0) is 31.9 Å². The van der Waals surface area contributed by atoms with E-state index in [2.05, 4.69) is 29.4 Å². The molecule has 0 aliphatic rings. The number of amides is 1. The second-order valence-electron chi connectivity index (χ2n) is 5.11. The molecule has 1 amide bonds. The first-order valence-electron chi connectivity index (χ1n) is 7.45. The van der Waals surface area contributed by atoms with Crippen LogP contribution in [0, 0.1) is 6.92 Å². The number of thioether (sulfide) groups is 1. The Bertz CT molecular complexity index is 606. The van der Waals surface area contributed by atoms with E-state index < -0.39 is 0 Å². The molecule has 118 valence electrons. The molecule has 22 heavy (non-hydrogen) atoms. The third kappa shape index (κ3) is 4.59. The summed E-state index contributed by atoms with van der Waals surface area (Å²) < 4.78 is 5.58. The Kier molecular flexibility index (Phi) is 6.00. The zero-order valence-corrected chi connectivity index (χ0v) is 13.9. The molecule has 2 rings (SSSR count). The summed E-state index contributed by atoms with van der Waals surface area (Å²) in [4.78, 5) is 11.8.